The smallest absolute Gasteiger partial charge is 0.167 e. The largest absolute Gasteiger partial charge is 0.492 e. The van der Waals surface area contributed by atoms with E-state index in [4.69, 9.17) is 14.6 Å². The van der Waals surface area contributed by atoms with Gasteiger partial charge in [-0.15, -0.1) is 0 Å². The molecule has 0 saturated carbocycles. The number of aryl methyl sites for hydroxylation is 1. The van der Waals surface area contributed by atoms with E-state index in [0.717, 1.165) is 5.39 Å². The molecule has 0 bridgehead atoms. The minimum absolute atomic E-state index is 0.168. The van der Waals surface area contributed by atoms with Crippen molar-refractivity contribution in [3.63, 3.8) is 0 Å². The molecule has 0 aliphatic rings. The fourth-order valence-electron chi connectivity index (χ4n) is 1.51. The van der Waals surface area contributed by atoms with Crippen LogP contribution in [0.5, 0.6) is 5.75 Å². The van der Waals surface area contributed by atoms with Crippen LogP contribution >= 0.6 is 0 Å². The zero-order chi connectivity index (χ0) is 12.6. The first-order chi connectivity index (χ1) is 7.92. The first-order valence-corrected chi connectivity index (χ1v) is 4.35. The Morgan fingerprint density at radius 2 is 2.50 bits per heavy atom. The summed E-state index contributed by atoms with van der Waals surface area (Å²) in [4.78, 5) is 0. The van der Waals surface area contributed by atoms with Crippen LogP contribution in [0.4, 0.5) is 5.69 Å². The average molecular weight is 194 g/mol. The van der Waals surface area contributed by atoms with Crippen LogP contribution in [0.15, 0.2) is 18.3 Å². The Hall–Kier alpha value is -1.71. The summed E-state index contributed by atoms with van der Waals surface area (Å²) in [6.45, 7) is 2.53. The fraction of sp³-hybridized carbons (Fsp3) is 0.300. The van der Waals surface area contributed by atoms with E-state index >= 15 is 0 Å². The maximum atomic E-state index is 7.15. The Balaban J connectivity index is 2.65. The lowest BCUT2D eigenvalue weighted by Crippen LogP contribution is -1.99. The van der Waals surface area contributed by atoms with Crippen molar-refractivity contribution in [1.82, 2.24) is 9.78 Å². The molecule has 0 fully saturated rings. The first kappa shape index (κ1) is 5.90. The van der Waals surface area contributed by atoms with E-state index in [1.165, 1.54) is 0 Å². The first-order valence-electron chi connectivity index (χ1n) is 5.85. The van der Waals surface area contributed by atoms with Gasteiger partial charge in [0.2, 0.25) is 0 Å². The van der Waals surface area contributed by atoms with E-state index in [-0.39, 0.29) is 5.75 Å². The minimum Gasteiger partial charge on any atom is -0.492 e. The van der Waals surface area contributed by atoms with Crippen LogP contribution in [0.1, 0.15) is 11.0 Å². The second kappa shape index (κ2) is 3.21. The van der Waals surface area contributed by atoms with E-state index < -0.39 is 7.04 Å². The molecule has 2 N–H and O–H groups in total. The van der Waals surface area contributed by atoms with Crippen molar-refractivity contribution in [3.05, 3.63) is 18.3 Å². The highest BCUT2D eigenvalue weighted by Crippen LogP contribution is 2.31. The van der Waals surface area contributed by atoms with Crippen molar-refractivity contribution in [2.75, 3.05) is 12.8 Å². The number of nitrogen functional groups attached to an aromatic ring is 1. The molecule has 1 aromatic heterocycles. The molecule has 1 aromatic carbocycles. The number of benzene rings is 1. The number of methoxy groups -OCH3 is 1. The number of hydrogen-bond acceptors (Lipinski definition) is 3. The molecule has 0 atom stereocenters. The molecule has 1 heterocycles. The van der Waals surface area contributed by atoms with E-state index in [2.05, 4.69) is 5.10 Å². The second-order valence-electron chi connectivity index (χ2n) is 2.98. The highest BCUT2D eigenvalue weighted by Gasteiger charge is 2.10. The molecule has 0 saturated heterocycles. The lowest BCUT2D eigenvalue weighted by atomic mass is 10.2. The van der Waals surface area contributed by atoms with Gasteiger partial charge >= 0.3 is 0 Å². The van der Waals surface area contributed by atoms with Crippen LogP contribution in [-0.4, -0.2) is 16.8 Å². The SMILES string of the molecule is [2H]C([2H])([2H])Oc1c(N)ccc2cnn(CC)c12. The summed E-state index contributed by atoms with van der Waals surface area (Å²) in [5, 5.41) is 4.95. The number of nitrogens with two attached hydrogens (primary N) is 1. The normalized spacial score (nSPS) is 14.8. The molecule has 0 amide bonds. The maximum absolute atomic E-state index is 7.15. The average Bonchev–Trinajstić information content (AvgIpc) is 2.64. The Kier molecular flexibility index (Phi) is 1.35. The molecule has 4 heteroatoms. The van der Waals surface area contributed by atoms with Gasteiger partial charge in [0.05, 0.1) is 23.0 Å². The lowest BCUT2D eigenvalue weighted by molar-refractivity contribution is 0.418. The molecule has 0 unspecified atom stereocenters. The van der Waals surface area contributed by atoms with E-state index in [1.807, 2.05) is 6.92 Å². The summed E-state index contributed by atoms with van der Waals surface area (Å²) in [6, 6.07) is 3.40. The molecule has 0 radical (unpaired) electrons. The maximum Gasteiger partial charge on any atom is 0.167 e. The van der Waals surface area contributed by atoms with Crippen molar-refractivity contribution < 1.29 is 8.85 Å². The van der Waals surface area contributed by atoms with Gasteiger partial charge in [-0.05, 0) is 19.1 Å². The van der Waals surface area contributed by atoms with Gasteiger partial charge < -0.3 is 10.5 Å². The van der Waals surface area contributed by atoms with Gasteiger partial charge in [-0.2, -0.15) is 5.10 Å². The highest BCUT2D eigenvalue weighted by atomic mass is 16.5. The summed E-state index contributed by atoms with van der Waals surface area (Å²) in [5.74, 6) is 0.168. The predicted molar refractivity (Wildman–Crippen MR) is 56.4 cm³/mol. The monoisotopic (exact) mass is 194 g/mol. The predicted octanol–water partition coefficient (Wildman–Crippen LogP) is 1.65. The summed E-state index contributed by atoms with van der Waals surface area (Å²) >= 11 is 0. The Morgan fingerprint density at radius 3 is 3.21 bits per heavy atom. The zero-order valence-corrected chi connectivity index (χ0v) is 7.82. The van der Waals surface area contributed by atoms with Gasteiger partial charge in [-0.1, -0.05) is 0 Å². The Bertz CT molecular complexity index is 547. The van der Waals surface area contributed by atoms with E-state index in [0.29, 0.717) is 17.7 Å². The van der Waals surface area contributed by atoms with Crippen LogP contribution in [-0.2, 0) is 6.54 Å². The van der Waals surface area contributed by atoms with Crippen LogP contribution in [0.2, 0.25) is 0 Å². The molecule has 14 heavy (non-hydrogen) atoms. The highest BCUT2D eigenvalue weighted by molar-refractivity contribution is 5.89. The van der Waals surface area contributed by atoms with Crippen LogP contribution < -0.4 is 10.5 Å². The van der Waals surface area contributed by atoms with Crippen molar-refractivity contribution in [3.8, 4) is 5.75 Å². The number of anilines is 1. The molecule has 0 aliphatic carbocycles. The van der Waals surface area contributed by atoms with Crippen molar-refractivity contribution in [2.45, 2.75) is 13.5 Å². The quantitative estimate of drug-likeness (QED) is 0.739. The van der Waals surface area contributed by atoms with Crippen LogP contribution in [0.3, 0.4) is 0 Å². The fourth-order valence-corrected chi connectivity index (χ4v) is 1.51. The number of hydrogen-bond donors (Lipinski definition) is 1. The van der Waals surface area contributed by atoms with Crippen molar-refractivity contribution >= 4 is 16.6 Å². The van der Waals surface area contributed by atoms with Gasteiger partial charge in [-0.25, -0.2) is 0 Å². The van der Waals surface area contributed by atoms with Gasteiger partial charge in [0.25, 0.3) is 0 Å². The van der Waals surface area contributed by atoms with E-state index in [9.17, 15) is 0 Å². The number of aromatic nitrogens is 2. The van der Waals surface area contributed by atoms with Crippen LogP contribution in [0.25, 0.3) is 10.9 Å². The Morgan fingerprint density at radius 1 is 1.64 bits per heavy atom. The second-order valence-corrected chi connectivity index (χ2v) is 2.98. The van der Waals surface area contributed by atoms with Crippen molar-refractivity contribution in [1.29, 1.82) is 0 Å². The molecule has 2 aromatic rings. The summed E-state index contributed by atoms with van der Waals surface area (Å²) < 4.78 is 28.1. The molecular formula is C10H13N3O. The molecule has 74 valence electrons. The van der Waals surface area contributed by atoms with Gasteiger partial charge in [0, 0.05) is 11.9 Å². The summed E-state index contributed by atoms with van der Waals surface area (Å²) in [6.07, 6.45) is 1.66. The topological polar surface area (TPSA) is 53.1 Å². The molecule has 0 spiro atoms. The number of fused-ring (bicyclic) bond motifs is 1. The molecular weight excluding hydrogens is 178 g/mol. The number of nitrogens with zero attached hydrogens (tertiary/aromatic N) is 2. The molecule has 4 nitrogen and oxygen atoms in total. The van der Waals surface area contributed by atoms with Gasteiger partial charge in [0.1, 0.15) is 5.52 Å². The summed E-state index contributed by atoms with van der Waals surface area (Å²) in [7, 11) is -2.52. The van der Waals surface area contributed by atoms with Crippen LogP contribution in [0, 0.1) is 0 Å². The number of rotatable bonds is 2. The lowest BCUT2D eigenvalue weighted by Gasteiger charge is -2.07. The van der Waals surface area contributed by atoms with Gasteiger partial charge in [0.15, 0.2) is 5.75 Å². The van der Waals surface area contributed by atoms with E-state index in [1.54, 1.807) is 23.0 Å². The third-order valence-electron chi connectivity index (χ3n) is 2.19. The minimum atomic E-state index is -2.52. The zero-order valence-electron chi connectivity index (χ0n) is 10.8. The third-order valence-corrected chi connectivity index (χ3v) is 2.19. The number of ether oxygens (including phenoxy) is 1. The third kappa shape index (κ3) is 1.11. The van der Waals surface area contributed by atoms with Gasteiger partial charge in [-0.3, -0.25) is 4.68 Å². The summed E-state index contributed by atoms with van der Waals surface area (Å²) in [5.41, 5.74) is 6.67. The standard InChI is InChI=1S/C10H13N3O/c1-3-13-9-7(6-12-13)4-5-8(11)10(9)14-2/h4-6H,3,11H2,1-2H3/i2D3. The van der Waals surface area contributed by atoms with Crippen molar-refractivity contribution in [2.24, 2.45) is 0 Å². The molecule has 0 aliphatic heterocycles. The Labute approximate surface area is 86.5 Å². The molecule has 2 rings (SSSR count).